The molecule has 13 heteroatoms. The topological polar surface area (TPSA) is 148 Å². The first-order chi connectivity index (χ1) is 14.9. The van der Waals surface area contributed by atoms with Crippen molar-refractivity contribution in [1.29, 1.82) is 0 Å². The molecule has 11 nitrogen and oxygen atoms in total. The molecule has 0 bridgehead atoms. The van der Waals surface area contributed by atoms with Crippen LogP contribution in [0.5, 0.6) is 0 Å². The number of hydrogen-bond acceptors (Lipinski definition) is 8. The Hall–Kier alpha value is -3.58. The first kappa shape index (κ1) is 24.7. The summed E-state index contributed by atoms with van der Waals surface area (Å²) in [4.78, 5) is 35.6. The number of carbonyl (C=O) groups excluding carboxylic acids is 2. The van der Waals surface area contributed by atoms with Crippen molar-refractivity contribution in [3.8, 4) is 0 Å². The van der Waals surface area contributed by atoms with Crippen LogP contribution in [-0.2, 0) is 24.3 Å². The van der Waals surface area contributed by atoms with Gasteiger partial charge in [-0.1, -0.05) is 0 Å². The Morgan fingerprint density at radius 1 is 1.19 bits per heavy atom. The summed E-state index contributed by atoms with van der Waals surface area (Å²) >= 11 is 0. The van der Waals surface area contributed by atoms with Crippen molar-refractivity contribution in [2.45, 2.75) is 17.9 Å². The highest BCUT2D eigenvalue weighted by Crippen LogP contribution is 2.29. The number of hydrogen-bond donors (Lipinski definition) is 2. The van der Waals surface area contributed by atoms with Gasteiger partial charge in [-0.15, -0.1) is 0 Å². The molecular formula is C19H21FN4O7S. The number of sulfonamides is 1. The summed E-state index contributed by atoms with van der Waals surface area (Å²) in [6, 6.07) is 8.21. The molecule has 0 saturated carbocycles. The van der Waals surface area contributed by atoms with E-state index in [9.17, 15) is 32.5 Å². The lowest BCUT2D eigenvalue weighted by atomic mass is 10.2. The van der Waals surface area contributed by atoms with Crippen molar-refractivity contribution in [1.82, 2.24) is 4.72 Å². The Morgan fingerprint density at radius 3 is 2.38 bits per heavy atom. The minimum absolute atomic E-state index is 0.203. The number of anilines is 2. The molecule has 0 heterocycles. The summed E-state index contributed by atoms with van der Waals surface area (Å²) in [6.07, 6.45) is -1.27. The quantitative estimate of drug-likeness (QED) is 0.321. The number of rotatable bonds is 9. The number of nitrogens with zero attached hydrogens (tertiary/aromatic N) is 2. The molecule has 172 valence electrons. The van der Waals surface area contributed by atoms with Gasteiger partial charge in [0.2, 0.25) is 10.0 Å². The van der Waals surface area contributed by atoms with Gasteiger partial charge < -0.3 is 15.0 Å². The number of nitrogens with one attached hydrogen (secondary N) is 2. The average molecular weight is 468 g/mol. The van der Waals surface area contributed by atoms with Gasteiger partial charge >= 0.3 is 5.97 Å². The Kier molecular flexibility index (Phi) is 7.83. The number of carbonyl (C=O) groups is 2. The second-order valence-corrected chi connectivity index (χ2v) is 8.52. The Morgan fingerprint density at radius 2 is 1.81 bits per heavy atom. The third-order valence-corrected chi connectivity index (χ3v) is 5.53. The van der Waals surface area contributed by atoms with Crippen LogP contribution in [0.1, 0.15) is 6.92 Å². The number of esters is 1. The molecule has 2 aromatic carbocycles. The highest BCUT2D eigenvalue weighted by atomic mass is 32.2. The van der Waals surface area contributed by atoms with E-state index in [-0.39, 0.29) is 11.4 Å². The van der Waals surface area contributed by atoms with E-state index in [2.05, 4.69) is 5.32 Å². The summed E-state index contributed by atoms with van der Waals surface area (Å²) < 4.78 is 44.6. The first-order valence-corrected chi connectivity index (χ1v) is 10.6. The van der Waals surface area contributed by atoms with Crippen LogP contribution in [0.4, 0.5) is 21.5 Å². The molecule has 1 atom stereocenters. The SMILES string of the molecule is CC(OC(=O)CNS(=O)(=O)c1ccc(N(C)C)c([N+](=O)[O-])c1)C(=O)Nc1ccc(F)cc1. The summed E-state index contributed by atoms with van der Waals surface area (Å²) in [5.41, 5.74) is 0.0589. The van der Waals surface area contributed by atoms with Crippen molar-refractivity contribution in [3.63, 3.8) is 0 Å². The number of halogens is 1. The molecule has 0 fully saturated rings. The molecule has 0 spiro atoms. The predicted molar refractivity (Wildman–Crippen MR) is 113 cm³/mol. The fourth-order valence-corrected chi connectivity index (χ4v) is 3.49. The Bertz CT molecular complexity index is 1120. The van der Waals surface area contributed by atoms with Crippen molar-refractivity contribution in [2.24, 2.45) is 0 Å². The maximum absolute atomic E-state index is 12.9. The molecule has 0 radical (unpaired) electrons. The molecule has 0 saturated heterocycles. The highest BCUT2D eigenvalue weighted by molar-refractivity contribution is 7.89. The van der Waals surface area contributed by atoms with Crippen LogP contribution in [0, 0.1) is 15.9 Å². The van der Waals surface area contributed by atoms with E-state index in [4.69, 9.17) is 4.74 Å². The number of benzene rings is 2. The molecule has 32 heavy (non-hydrogen) atoms. The van der Waals surface area contributed by atoms with E-state index in [1.54, 1.807) is 14.1 Å². The van der Waals surface area contributed by atoms with Crippen molar-refractivity contribution in [2.75, 3.05) is 30.9 Å². The summed E-state index contributed by atoms with van der Waals surface area (Å²) in [7, 11) is -1.14. The molecule has 2 N–H and O–H groups in total. The minimum atomic E-state index is -4.27. The highest BCUT2D eigenvalue weighted by Gasteiger charge is 2.24. The maximum Gasteiger partial charge on any atom is 0.321 e. The Balaban J connectivity index is 1.99. The van der Waals surface area contributed by atoms with Crippen molar-refractivity contribution >= 4 is 39.0 Å². The van der Waals surface area contributed by atoms with Crippen LogP contribution in [-0.4, -0.2) is 52.0 Å². The molecule has 2 rings (SSSR count). The Labute approximate surface area is 183 Å². The summed E-state index contributed by atoms with van der Waals surface area (Å²) in [6.45, 7) is 0.467. The predicted octanol–water partition coefficient (Wildman–Crippen LogP) is 1.65. The van der Waals surface area contributed by atoms with E-state index < -0.39 is 55.9 Å². The van der Waals surface area contributed by atoms with Gasteiger partial charge in [0.1, 0.15) is 18.0 Å². The lowest BCUT2D eigenvalue weighted by Gasteiger charge is -2.15. The van der Waals surface area contributed by atoms with E-state index in [0.717, 1.165) is 24.3 Å². The van der Waals surface area contributed by atoms with E-state index in [1.165, 1.54) is 30.0 Å². The molecule has 0 aromatic heterocycles. The van der Waals surface area contributed by atoms with Gasteiger partial charge in [0.15, 0.2) is 6.10 Å². The van der Waals surface area contributed by atoms with Gasteiger partial charge in [-0.2, -0.15) is 4.72 Å². The zero-order chi connectivity index (χ0) is 24.1. The zero-order valence-electron chi connectivity index (χ0n) is 17.4. The lowest BCUT2D eigenvalue weighted by molar-refractivity contribution is -0.384. The fraction of sp³-hybridized carbons (Fsp3) is 0.263. The van der Waals surface area contributed by atoms with Crippen LogP contribution in [0.15, 0.2) is 47.4 Å². The molecular weight excluding hydrogens is 447 g/mol. The van der Waals surface area contributed by atoms with Crippen LogP contribution in [0.3, 0.4) is 0 Å². The average Bonchev–Trinajstić information content (AvgIpc) is 2.73. The molecule has 1 amide bonds. The van der Waals surface area contributed by atoms with Gasteiger partial charge in [0.25, 0.3) is 11.6 Å². The largest absolute Gasteiger partial charge is 0.452 e. The van der Waals surface area contributed by atoms with Crippen molar-refractivity contribution < 1.29 is 32.1 Å². The molecule has 2 aromatic rings. The third kappa shape index (κ3) is 6.46. The van der Waals surface area contributed by atoms with E-state index in [0.29, 0.717) is 0 Å². The van der Waals surface area contributed by atoms with Crippen LogP contribution >= 0.6 is 0 Å². The van der Waals surface area contributed by atoms with Gasteiger partial charge in [0.05, 0.1) is 9.82 Å². The van der Waals surface area contributed by atoms with E-state index >= 15 is 0 Å². The number of nitro groups is 1. The van der Waals surface area contributed by atoms with Gasteiger partial charge in [-0.3, -0.25) is 19.7 Å². The summed E-state index contributed by atoms with van der Waals surface area (Å²) in [5, 5.41) is 13.7. The minimum Gasteiger partial charge on any atom is -0.452 e. The fourth-order valence-electron chi connectivity index (χ4n) is 2.50. The normalized spacial score (nSPS) is 12.0. The van der Waals surface area contributed by atoms with Crippen LogP contribution < -0.4 is 14.9 Å². The second-order valence-electron chi connectivity index (χ2n) is 6.75. The number of ether oxygens (including phenoxy) is 1. The number of nitro benzene ring substituents is 1. The standard InChI is InChI=1S/C19H21FN4O7S/c1-12(19(26)22-14-6-4-13(20)5-7-14)31-18(25)11-21-32(29,30)15-8-9-16(23(2)3)17(10-15)24(27)28/h4-10,12,21H,11H2,1-3H3,(H,22,26). The second kappa shape index (κ2) is 10.2. The number of amides is 1. The van der Waals surface area contributed by atoms with Gasteiger partial charge in [-0.25, -0.2) is 12.8 Å². The van der Waals surface area contributed by atoms with E-state index in [1.807, 2.05) is 4.72 Å². The summed E-state index contributed by atoms with van der Waals surface area (Å²) in [5.74, 6) is -2.24. The first-order valence-electron chi connectivity index (χ1n) is 9.12. The third-order valence-electron chi connectivity index (χ3n) is 4.13. The van der Waals surface area contributed by atoms with Crippen molar-refractivity contribution in [3.05, 3.63) is 58.4 Å². The molecule has 1 unspecified atom stereocenters. The molecule has 0 aliphatic rings. The molecule has 0 aliphatic heterocycles. The smallest absolute Gasteiger partial charge is 0.321 e. The van der Waals surface area contributed by atoms with Gasteiger partial charge in [0, 0.05) is 25.8 Å². The monoisotopic (exact) mass is 468 g/mol. The lowest BCUT2D eigenvalue weighted by Crippen LogP contribution is -2.35. The maximum atomic E-state index is 12.9. The van der Waals surface area contributed by atoms with Gasteiger partial charge in [-0.05, 0) is 43.3 Å². The van der Waals surface area contributed by atoms with Crippen LogP contribution in [0.2, 0.25) is 0 Å². The van der Waals surface area contributed by atoms with Crippen LogP contribution in [0.25, 0.3) is 0 Å². The molecule has 0 aliphatic carbocycles. The zero-order valence-corrected chi connectivity index (χ0v) is 18.2.